The molecule has 1 aliphatic rings. The zero-order chi connectivity index (χ0) is 12.3. The molecule has 17 heavy (non-hydrogen) atoms. The van der Waals surface area contributed by atoms with Gasteiger partial charge in [0.05, 0.1) is 7.11 Å². The predicted molar refractivity (Wildman–Crippen MR) is 68.6 cm³/mol. The first-order valence-corrected chi connectivity index (χ1v) is 6.41. The third-order valence-corrected chi connectivity index (χ3v) is 3.71. The van der Waals surface area contributed by atoms with Gasteiger partial charge in [-0.1, -0.05) is 24.4 Å². The average molecular weight is 256 g/mol. The number of halogens is 1. The van der Waals surface area contributed by atoms with E-state index < -0.39 is 0 Å². The highest BCUT2D eigenvalue weighted by Crippen LogP contribution is 2.33. The van der Waals surface area contributed by atoms with Gasteiger partial charge in [-0.3, -0.25) is 0 Å². The molecule has 0 saturated heterocycles. The molecule has 2 rings (SSSR count). The zero-order valence-corrected chi connectivity index (χ0v) is 11.0. The van der Waals surface area contributed by atoms with Gasteiger partial charge in [0, 0.05) is 6.04 Å². The van der Waals surface area contributed by atoms with Gasteiger partial charge in [-0.2, -0.15) is 0 Å². The van der Waals surface area contributed by atoms with Crippen LogP contribution >= 0.6 is 11.6 Å². The van der Waals surface area contributed by atoms with E-state index in [0.29, 0.717) is 28.7 Å². The maximum absolute atomic E-state index is 5.96. The molecule has 0 aliphatic heterocycles. The largest absolute Gasteiger partial charge is 0.490 e. The molecule has 1 fully saturated rings. The molecule has 1 aromatic heterocycles. The Hall–Kier alpha value is -1.03. The van der Waals surface area contributed by atoms with Crippen LogP contribution in [0.3, 0.4) is 0 Å². The van der Waals surface area contributed by atoms with E-state index in [0.717, 1.165) is 0 Å². The van der Waals surface area contributed by atoms with Crippen molar-refractivity contribution in [2.24, 2.45) is 5.92 Å². The lowest BCUT2D eigenvalue weighted by Crippen LogP contribution is -2.24. The van der Waals surface area contributed by atoms with Crippen molar-refractivity contribution in [2.45, 2.75) is 38.6 Å². The van der Waals surface area contributed by atoms with E-state index >= 15 is 0 Å². The van der Waals surface area contributed by atoms with Gasteiger partial charge in [0.25, 0.3) is 0 Å². The van der Waals surface area contributed by atoms with Crippen LogP contribution in [0, 0.1) is 5.92 Å². The standard InChI is InChI=1S/C12H18ClN3O/c1-8(9-5-3-4-6-9)16-12-10(17-2)11(13)14-7-15-12/h7-9H,3-6H2,1-2H3,(H,14,15,16). The molecule has 1 saturated carbocycles. The van der Waals surface area contributed by atoms with Gasteiger partial charge in [-0.15, -0.1) is 0 Å². The van der Waals surface area contributed by atoms with E-state index in [1.54, 1.807) is 7.11 Å². The summed E-state index contributed by atoms with van der Waals surface area (Å²) in [6, 6.07) is 0.386. The monoisotopic (exact) mass is 255 g/mol. The molecule has 0 bridgehead atoms. The number of hydrogen-bond acceptors (Lipinski definition) is 4. The number of nitrogens with zero attached hydrogens (tertiary/aromatic N) is 2. The Labute approximate surface area is 107 Å². The fourth-order valence-corrected chi connectivity index (χ4v) is 2.64. The van der Waals surface area contributed by atoms with Gasteiger partial charge in [-0.05, 0) is 25.7 Å². The normalized spacial score (nSPS) is 18.1. The van der Waals surface area contributed by atoms with Crippen LogP contribution in [0.4, 0.5) is 5.82 Å². The summed E-state index contributed by atoms with van der Waals surface area (Å²) in [6.07, 6.45) is 6.69. The number of methoxy groups -OCH3 is 1. The SMILES string of the molecule is COc1c(Cl)ncnc1NC(C)C1CCCC1. The molecule has 1 unspecified atom stereocenters. The molecule has 1 heterocycles. The van der Waals surface area contributed by atoms with Crippen molar-refractivity contribution < 1.29 is 4.74 Å². The van der Waals surface area contributed by atoms with Gasteiger partial charge in [0.15, 0.2) is 16.7 Å². The number of nitrogens with one attached hydrogen (secondary N) is 1. The highest BCUT2D eigenvalue weighted by Gasteiger charge is 2.23. The Balaban J connectivity index is 2.09. The Morgan fingerprint density at radius 2 is 2.12 bits per heavy atom. The van der Waals surface area contributed by atoms with Crippen molar-refractivity contribution in [3.05, 3.63) is 11.5 Å². The fourth-order valence-electron chi connectivity index (χ4n) is 2.43. The van der Waals surface area contributed by atoms with Gasteiger partial charge >= 0.3 is 0 Å². The molecule has 0 aromatic carbocycles. The van der Waals surface area contributed by atoms with Crippen LogP contribution in [0.2, 0.25) is 5.15 Å². The molecular formula is C12H18ClN3O. The Morgan fingerprint density at radius 3 is 2.76 bits per heavy atom. The lowest BCUT2D eigenvalue weighted by molar-refractivity contribution is 0.410. The van der Waals surface area contributed by atoms with Crippen molar-refractivity contribution >= 4 is 17.4 Å². The average Bonchev–Trinajstić information content (AvgIpc) is 2.82. The lowest BCUT2D eigenvalue weighted by Gasteiger charge is -2.21. The van der Waals surface area contributed by atoms with Crippen LogP contribution in [0.1, 0.15) is 32.6 Å². The maximum atomic E-state index is 5.96. The molecule has 0 amide bonds. The van der Waals surface area contributed by atoms with E-state index in [-0.39, 0.29) is 0 Å². The second-order valence-corrected chi connectivity index (χ2v) is 4.88. The predicted octanol–water partition coefficient (Wildman–Crippen LogP) is 3.13. The summed E-state index contributed by atoms with van der Waals surface area (Å²) in [5, 5.41) is 3.73. The Morgan fingerprint density at radius 1 is 1.41 bits per heavy atom. The lowest BCUT2D eigenvalue weighted by atomic mass is 10.00. The minimum atomic E-state index is 0.351. The van der Waals surface area contributed by atoms with E-state index in [1.807, 2.05) is 0 Å². The van der Waals surface area contributed by atoms with Crippen molar-refractivity contribution in [1.82, 2.24) is 9.97 Å². The second kappa shape index (κ2) is 5.54. The molecule has 1 aliphatic carbocycles. The van der Waals surface area contributed by atoms with Gasteiger partial charge in [-0.25, -0.2) is 9.97 Å². The van der Waals surface area contributed by atoms with Crippen molar-refractivity contribution in [3.63, 3.8) is 0 Å². The van der Waals surface area contributed by atoms with E-state index in [9.17, 15) is 0 Å². The van der Waals surface area contributed by atoms with Gasteiger partial charge in [0.2, 0.25) is 0 Å². The first-order chi connectivity index (χ1) is 8.22. The van der Waals surface area contributed by atoms with Gasteiger partial charge < -0.3 is 10.1 Å². The van der Waals surface area contributed by atoms with Crippen LogP contribution in [-0.2, 0) is 0 Å². The maximum Gasteiger partial charge on any atom is 0.198 e. The zero-order valence-electron chi connectivity index (χ0n) is 10.2. The summed E-state index contributed by atoms with van der Waals surface area (Å²) in [7, 11) is 1.58. The minimum Gasteiger partial charge on any atom is -0.490 e. The summed E-state index contributed by atoms with van der Waals surface area (Å²) in [4.78, 5) is 8.09. The highest BCUT2D eigenvalue weighted by molar-refractivity contribution is 6.31. The van der Waals surface area contributed by atoms with Crippen molar-refractivity contribution in [2.75, 3.05) is 12.4 Å². The van der Waals surface area contributed by atoms with Gasteiger partial charge in [0.1, 0.15) is 6.33 Å². The number of rotatable bonds is 4. The molecule has 94 valence electrons. The number of aromatic nitrogens is 2. The summed E-state index contributed by atoms with van der Waals surface area (Å²) < 4.78 is 5.22. The van der Waals surface area contributed by atoms with Crippen molar-refractivity contribution in [1.29, 1.82) is 0 Å². The molecule has 1 N–H and O–H groups in total. The van der Waals surface area contributed by atoms with Crippen LogP contribution in [0.25, 0.3) is 0 Å². The number of hydrogen-bond donors (Lipinski definition) is 1. The molecule has 4 nitrogen and oxygen atoms in total. The van der Waals surface area contributed by atoms with Crippen LogP contribution in [0.5, 0.6) is 5.75 Å². The molecular weight excluding hydrogens is 238 g/mol. The van der Waals surface area contributed by atoms with E-state index in [4.69, 9.17) is 16.3 Å². The van der Waals surface area contributed by atoms with Crippen molar-refractivity contribution in [3.8, 4) is 5.75 Å². The first kappa shape index (κ1) is 12.4. The minimum absolute atomic E-state index is 0.351. The Bertz CT molecular complexity index is 380. The topological polar surface area (TPSA) is 47.0 Å². The number of ether oxygens (including phenoxy) is 1. The summed E-state index contributed by atoms with van der Waals surface area (Å²) >= 11 is 5.96. The highest BCUT2D eigenvalue weighted by atomic mass is 35.5. The molecule has 1 atom stereocenters. The second-order valence-electron chi connectivity index (χ2n) is 4.52. The Kier molecular flexibility index (Phi) is 4.05. The third kappa shape index (κ3) is 2.80. The summed E-state index contributed by atoms with van der Waals surface area (Å²) in [6.45, 7) is 2.19. The third-order valence-electron chi connectivity index (χ3n) is 3.44. The fraction of sp³-hybridized carbons (Fsp3) is 0.667. The van der Waals surface area contributed by atoms with Crippen LogP contribution in [0.15, 0.2) is 6.33 Å². The first-order valence-electron chi connectivity index (χ1n) is 6.03. The summed E-state index contributed by atoms with van der Waals surface area (Å²) in [5.74, 6) is 1.93. The molecule has 0 spiro atoms. The number of anilines is 1. The molecule has 1 aromatic rings. The smallest absolute Gasteiger partial charge is 0.198 e. The van der Waals surface area contributed by atoms with E-state index in [1.165, 1.54) is 32.0 Å². The van der Waals surface area contributed by atoms with E-state index in [2.05, 4.69) is 22.2 Å². The summed E-state index contributed by atoms with van der Waals surface area (Å²) in [5.41, 5.74) is 0. The molecule has 5 heteroatoms. The van der Waals surface area contributed by atoms with Crippen LogP contribution in [-0.4, -0.2) is 23.1 Å². The quantitative estimate of drug-likeness (QED) is 0.840. The van der Waals surface area contributed by atoms with Crippen LogP contribution < -0.4 is 10.1 Å². The molecule has 0 radical (unpaired) electrons.